The molecule has 1 aromatic carbocycles. The molecule has 1 aliphatic rings. The molecule has 0 radical (unpaired) electrons. The van der Waals surface area contributed by atoms with Gasteiger partial charge in [0.05, 0.1) is 11.6 Å². The number of halogens is 1. The van der Waals surface area contributed by atoms with E-state index in [2.05, 4.69) is 22.2 Å². The summed E-state index contributed by atoms with van der Waals surface area (Å²) in [6, 6.07) is 11.0. The minimum Gasteiger partial charge on any atom is -0.490 e. The van der Waals surface area contributed by atoms with Crippen LogP contribution in [0.25, 0.3) is 0 Å². The molecule has 7 heteroatoms. The molecule has 0 amide bonds. The van der Waals surface area contributed by atoms with Gasteiger partial charge in [-0.15, -0.1) is 0 Å². The molecule has 0 bridgehead atoms. The van der Waals surface area contributed by atoms with Gasteiger partial charge < -0.3 is 15.0 Å². The monoisotopic (exact) mass is 348 g/mol. The predicted molar refractivity (Wildman–Crippen MR) is 95.1 cm³/mol. The summed E-state index contributed by atoms with van der Waals surface area (Å²) in [6.45, 7) is 5.55. The van der Waals surface area contributed by atoms with Gasteiger partial charge >= 0.3 is 0 Å². The third kappa shape index (κ3) is 3.88. The average molecular weight is 349 g/mol. The maximum atomic E-state index is 12.0. The SMILES string of the molecule is C[C@H]1CNCCN1c1ccc(=O)n(CCOc2ccccc2Cl)n1. The van der Waals surface area contributed by atoms with Gasteiger partial charge in [0.25, 0.3) is 5.56 Å². The zero-order chi connectivity index (χ0) is 16.9. The normalized spacial score (nSPS) is 17.8. The van der Waals surface area contributed by atoms with Crippen LogP contribution >= 0.6 is 11.6 Å². The fourth-order valence-electron chi connectivity index (χ4n) is 2.74. The Morgan fingerprint density at radius 3 is 2.96 bits per heavy atom. The van der Waals surface area contributed by atoms with Crippen LogP contribution in [0.15, 0.2) is 41.2 Å². The number of aromatic nitrogens is 2. The Balaban J connectivity index is 1.68. The highest BCUT2D eigenvalue weighted by molar-refractivity contribution is 6.32. The van der Waals surface area contributed by atoms with Crippen molar-refractivity contribution in [2.24, 2.45) is 0 Å². The van der Waals surface area contributed by atoms with E-state index in [-0.39, 0.29) is 5.56 Å². The lowest BCUT2D eigenvalue weighted by molar-refractivity contribution is 0.288. The number of anilines is 1. The average Bonchev–Trinajstić information content (AvgIpc) is 2.59. The van der Waals surface area contributed by atoms with Gasteiger partial charge in [-0.3, -0.25) is 4.79 Å². The van der Waals surface area contributed by atoms with Gasteiger partial charge in [-0.05, 0) is 25.1 Å². The van der Waals surface area contributed by atoms with Crippen LogP contribution < -0.4 is 20.5 Å². The second-order valence-electron chi connectivity index (χ2n) is 5.78. The number of hydrogen-bond donors (Lipinski definition) is 1. The van der Waals surface area contributed by atoms with Crippen LogP contribution in [0.4, 0.5) is 5.82 Å². The van der Waals surface area contributed by atoms with E-state index < -0.39 is 0 Å². The van der Waals surface area contributed by atoms with E-state index in [0.29, 0.717) is 30.0 Å². The van der Waals surface area contributed by atoms with Crippen molar-refractivity contribution in [2.75, 3.05) is 31.1 Å². The fourth-order valence-corrected chi connectivity index (χ4v) is 2.93. The van der Waals surface area contributed by atoms with Crippen molar-refractivity contribution in [3.8, 4) is 5.75 Å². The molecule has 1 fully saturated rings. The van der Waals surface area contributed by atoms with E-state index in [9.17, 15) is 4.79 Å². The first kappa shape index (κ1) is 16.8. The highest BCUT2D eigenvalue weighted by Crippen LogP contribution is 2.22. The lowest BCUT2D eigenvalue weighted by Gasteiger charge is -2.34. The van der Waals surface area contributed by atoms with E-state index >= 15 is 0 Å². The number of nitrogens with one attached hydrogen (secondary N) is 1. The molecule has 128 valence electrons. The van der Waals surface area contributed by atoms with Gasteiger partial charge in [0.2, 0.25) is 0 Å². The smallest absolute Gasteiger partial charge is 0.266 e. The van der Waals surface area contributed by atoms with Crippen molar-refractivity contribution >= 4 is 17.4 Å². The molecule has 0 aliphatic carbocycles. The van der Waals surface area contributed by atoms with Gasteiger partial charge in [-0.2, -0.15) is 5.10 Å². The summed E-state index contributed by atoms with van der Waals surface area (Å²) in [5, 5.41) is 8.39. The summed E-state index contributed by atoms with van der Waals surface area (Å²) in [5.74, 6) is 1.43. The molecule has 1 N–H and O–H groups in total. The second-order valence-corrected chi connectivity index (χ2v) is 6.19. The number of nitrogens with zero attached hydrogens (tertiary/aromatic N) is 3. The molecule has 3 rings (SSSR count). The molecule has 6 nitrogen and oxygen atoms in total. The van der Waals surface area contributed by atoms with E-state index in [4.69, 9.17) is 16.3 Å². The van der Waals surface area contributed by atoms with Crippen molar-refractivity contribution in [3.63, 3.8) is 0 Å². The molecule has 1 saturated heterocycles. The first-order valence-corrected chi connectivity index (χ1v) is 8.46. The number of hydrogen-bond acceptors (Lipinski definition) is 5. The number of benzene rings is 1. The maximum Gasteiger partial charge on any atom is 0.266 e. The summed E-state index contributed by atoms with van der Waals surface area (Å²) >= 11 is 6.06. The third-order valence-corrected chi connectivity index (χ3v) is 4.36. The number of ether oxygens (including phenoxy) is 1. The topological polar surface area (TPSA) is 59.4 Å². The fraction of sp³-hybridized carbons (Fsp3) is 0.412. The van der Waals surface area contributed by atoms with Crippen LogP contribution in [0.2, 0.25) is 5.02 Å². The Kier molecular flexibility index (Phi) is 5.37. The van der Waals surface area contributed by atoms with E-state index in [1.807, 2.05) is 12.1 Å². The second kappa shape index (κ2) is 7.68. The van der Waals surface area contributed by atoms with Gasteiger partial charge in [0, 0.05) is 31.7 Å². The molecule has 0 saturated carbocycles. The minimum absolute atomic E-state index is 0.135. The zero-order valence-electron chi connectivity index (χ0n) is 13.6. The van der Waals surface area contributed by atoms with Crippen LogP contribution in [0.1, 0.15) is 6.92 Å². The highest BCUT2D eigenvalue weighted by atomic mass is 35.5. The van der Waals surface area contributed by atoms with Crippen LogP contribution in [-0.2, 0) is 6.54 Å². The molecule has 1 atom stereocenters. The van der Waals surface area contributed by atoms with E-state index in [1.54, 1.807) is 24.3 Å². The van der Waals surface area contributed by atoms with Crippen molar-refractivity contribution in [3.05, 3.63) is 51.8 Å². The summed E-state index contributed by atoms with van der Waals surface area (Å²) in [4.78, 5) is 14.2. The van der Waals surface area contributed by atoms with Crippen LogP contribution in [0.3, 0.4) is 0 Å². The largest absolute Gasteiger partial charge is 0.490 e. The Morgan fingerprint density at radius 1 is 1.33 bits per heavy atom. The molecule has 0 unspecified atom stereocenters. The standard InChI is InChI=1S/C17H21ClN4O2/c1-13-12-19-8-9-21(13)16-6-7-17(23)22(20-16)10-11-24-15-5-3-2-4-14(15)18/h2-7,13,19H,8-12H2,1H3/t13-/m0/s1. The summed E-state index contributed by atoms with van der Waals surface area (Å²) in [6.07, 6.45) is 0. The van der Waals surface area contributed by atoms with Crippen molar-refractivity contribution in [2.45, 2.75) is 19.5 Å². The number of para-hydroxylation sites is 1. The zero-order valence-corrected chi connectivity index (χ0v) is 14.4. The first-order valence-electron chi connectivity index (χ1n) is 8.08. The number of rotatable bonds is 5. The summed E-state index contributed by atoms with van der Waals surface area (Å²) in [7, 11) is 0. The van der Waals surface area contributed by atoms with Crippen molar-refractivity contribution in [1.82, 2.24) is 15.1 Å². The Hall–Kier alpha value is -2.05. The molecular weight excluding hydrogens is 328 g/mol. The third-order valence-electron chi connectivity index (χ3n) is 4.05. The van der Waals surface area contributed by atoms with E-state index in [1.165, 1.54) is 4.68 Å². The lowest BCUT2D eigenvalue weighted by atomic mass is 10.2. The van der Waals surface area contributed by atoms with Crippen molar-refractivity contribution in [1.29, 1.82) is 0 Å². The van der Waals surface area contributed by atoms with Gasteiger partial charge in [-0.1, -0.05) is 23.7 Å². The molecule has 2 heterocycles. The summed E-state index contributed by atoms with van der Waals surface area (Å²) in [5.41, 5.74) is -0.135. The van der Waals surface area contributed by atoms with Crippen LogP contribution in [0, 0.1) is 0 Å². The predicted octanol–water partition coefficient (Wildman–Crippen LogP) is 1.77. The lowest BCUT2D eigenvalue weighted by Crippen LogP contribution is -2.50. The molecule has 1 aromatic heterocycles. The molecule has 2 aromatic rings. The molecule has 1 aliphatic heterocycles. The van der Waals surface area contributed by atoms with Crippen molar-refractivity contribution < 1.29 is 4.74 Å². The molecule has 24 heavy (non-hydrogen) atoms. The minimum atomic E-state index is -0.135. The summed E-state index contributed by atoms with van der Waals surface area (Å²) < 4.78 is 7.09. The van der Waals surface area contributed by atoms with Gasteiger partial charge in [-0.25, -0.2) is 4.68 Å². The Morgan fingerprint density at radius 2 is 2.17 bits per heavy atom. The Bertz CT molecular complexity index is 749. The maximum absolute atomic E-state index is 12.0. The highest BCUT2D eigenvalue weighted by Gasteiger charge is 2.19. The number of piperazine rings is 1. The quantitative estimate of drug-likeness (QED) is 0.892. The van der Waals surface area contributed by atoms with Crippen LogP contribution in [-0.4, -0.2) is 42.1 Å². The van der Waals surface area contributed by atoms with Crippen LogP contribution in [0.5, 0.6) is 5.75 Å². The van der Waals surface area contributed by atoms with Gasteiger partial charge in [0.1, 0.15) is 18.2 Å². The van der Waals surface area contributed by atoms with Gasteiger partial charge in [0.15, 0.2) is 0 Å². The first-order chi connectivity index (χ1) is 11.6. The molecular formula is C17H21ClN4O2. The van der Waals surface area contributed by atoms with E-state index in [0.717, 1.165) is 25.5 Å². The Labute approximate surface area is 146 Å². The molecule has 0 spiro atoms.